The first-order valence-corrected chi connectivity index (χ1v) is 11.0. The van der Waals surface area contributed by atoms with Crippen LogP contribution in [-0.2, 0) is 14.3 Å². The van der Waals surface area contributed by atoms with Gasteiger partial charge < -0.3 is 20.3 Å². The Morgan fingerprint density at radius 3 is 2.58 bits per heavy atom. The van der Waals surface area contributed by atoms with Gasteiger partial charge in [0.1, 0.15) is 12.2 Å². The summed E-state index contributed by atoms with van der Waals surface area (Å²) in [6.45, 7) is 15.5. The Labute approximate surface area is 186 Å². The molecular weight excluding hydrogens is 394 g/mol. The monoisotopic (exact) mass is 433 g/mol. The summed E-state index contributed by atoms with van der Waals surface area (Å²) in [5.41, 5.74) is 6.37. The number of nitrogens with two attached hydrogens (primary N) is 1. The Bertz CT molecular complexity index is 711. The number of amides is 1. The number of cyclic esters (lactones) is 1. The largest absolute Gasteiger partial charge is 0.458 e. The van der Waals surface area contributed by atoms with Crippen molar-refractivity contribution in [3.63, 3.8) is 0 Å². The molecule has 6 nitrogen and oxygen atoms in total. The molecule has 0 spiro atoms. The minimum atomic E-state index is -0.856. The van der Waals surface area contributed by atoms with E-state index in [4.69, 9.17) is 15.2 Å². The Kier molecular flexibility index (Phi) is 10.8. The van der Waals surface area contributed by atoms with Crippen LogP contribution in [0.2, 0.25) is 0 Å². The maximum absolute atomic E-state index is 11.6. The van der Waals surface area contributed by atoms with Crippen molar-refractivity contribution in [2.75, 3.05) is 0 Å². The molecule has 6 heteroatoms. The molecule has 1 rings (SSSR count). The molecule has 0 saturated carbocycles. The lowest BCUT2D eigenvalue weighted by atomic mass is 9.81. The van der Waals surface area contributed by atoms with E-state index >= 15 is 0 Å². The van der Waals surface area contributed by atoms with Gasteiger partial charge in [0, 0.05) is 29.7 Å². The highest BCUT2D eigenvalue weighted by Gasteiger charge is 2.33. The Morgan fingerprint density at radius 1 is 1.35 bits per heavy atom. The van der Waals surface area contributed by atoms with Crippen molar-refractivity contribution in [1.29, 1.82) is 0 Å². The molecule has 8 atom stereocenters. The second-order valence-electron chi connectivity index (χ2n) is 8.90. The summed E-state index contributed by atoms with van der Waals surface area (Å²) in [6.07, 6.45) is 9.14. The summed E-state index contributed by atoms with van der Waals surface area (Å²) in [4.78, 5) is 23.0. The summed E-state index contributed by atoms with van der Waals surface area (Å²) in [6, 6.07) is 0. The third-order valence-corrected chi connectivity index (χ3v) is 5.98. The maximum Gasteiger partial charge on any atom is 0.404 e. The molecule has 3 N–H and O–H groups in total. The van der Waals surface area contributed by atoms with E-state index in [2.05, 4.69) is 12.7 Å². The standard InChI is InChI=1S/C25H39NO5/c1-8-9-10-16(3)24(31-25(26)29)20(7)22(28)18(5)13-15(2)14-19(6)23-17(4)11-12-21(27)30-23/h8-12,14,16-20,22-24,28H,1,13H2,2-7H3,(H2,26,29)/b10-9-,15-14-/t16-,17-,18-,19-,20-,22+,23-,24-/m0/s1. The number of primary amides is 1. The van der Waals surface area contributed by atoms with Gasteiger partial charge in [-0.3, -0.25) is 0 Å². The van der Waals surface area contributed by atoms with Gasteiger partial charge in [0.25, 0.3) is 0 Å². The number of esters is 1. The molecule has 1 aliphatic heterocycles. The summed E-state index contributed by atoms with van der Waals surface area (Å²) in [7, 11) is 0. The third kappa shape index (κ3) is 8.37. The van der Waals surface area contributed by atoms with Crippen LogP contribution in [0.1, 0.15) is 48.0 Å². The molecular formula is C25H39NO5. The highest BCUT2D eigenvalue weighted by Crippen LogP contribution is 2.29. The summed E-state index contributed by atoms with van der Waals surface area (Å²) in [5.74, 6) is -0.619. The molecule has 1 heterocycles. The van der Waals surface area contributed by atoms with Gasteiger partial charge >= 0.3 is 12.1 Å². The van der Waals surface area contributed by atoms with Gasteiger partial charge in [-0.2, -0.15) is 0 Å². The SMILES string of the molecule is C=C/C=C\[C@H](C)[C@H](OC(N)=O)[C@@H](C)[C@H](O)[C@@H](C)C/C(C)=C\[C@H](C)[C@H]1OC(=O)C=C[C@@H]1C. The number of ether oxygens (including phenoxy) is 2. The number of carbonyl (C=O) groups excluding carboxylic acids is 2. The molecule has 31 heavy (non-hydrogen) atoms. The molecule has 0 radical (unpaired) electrons. The topological polar surface area (TPSA) is 98.8 Å². The zero-order valence-electron chi connectivity index (χ0n) is 19.7. The lowest BCUT2D eigenvalue weighted by Gasteiger charge is -2.33. The fourth-order valence-corrected chi connectivity index (χ4v) is 4.35. The summed E-state index contributed by atoms with van der Waals surface area (Å²) < 4.78 is 10.8. The second kappa shape index (κ2) is 12.5. The van der Waals surface area contributed by atoms with E-state index in [9.17, 15) is 14.7 Å². The van der Waals surface area contributed by atoms with Crippen LogP contribution in [-0.4, -0.2) is 35.5 Å². The number of rotatable bonds is 11. The number of aliphatic hydroxyl groups excluding tert-OH is 1. The zero-order valence-corrected chi connectivity index (χ0v) is 19.7. The van der Waals surface area contributed by atoms with Crippen molar-refractivity contribution in [2.24, 2.45) is 35.3 Å². The predicted octanol–water partition coefficient (Wildman–Crippen LogP) is 4.55. The molecule has 0 unspecified atom stereocenters. The van der Waals surface area contributed by atoms with Gasteiger partial charge in [-0.1, -0.05) is 77.2 Å². The zero-order chi connectivity index (χ0) is 23.7. The average molecular weight is 434 g/mol. The number of carbonyl (C=O) groups is 2. The Balaban J connectivity index is 2.83. The first kappa shape index (κ1) is 26.7. The molecule has 0 aliphatic carbocycles. The first-order chi connectivity index (χ1) is 14.5. The van der Waals surface area contributed by atoms with Crippen LogP contribution in [0.15, 0.2) is 48.6 Å². The second-order valence-corrected chi connectivity index (χ2v) is 8.90. The quantitative estimate of drug-likeness (QED) is 0.283. The van der Waals surface area contributed by atoms with E-state index in [0.29, 0.717) is 6.42 Å². The smallest absolute Gasteiger partial charge is 0.404 e. The molecule has 1 aliphatic rings. The van der Waals surface area contributed by atoms with Crippen molar-refractivity contribution in [1.82, 2.24) is 0 Å². The van der Waals surface area contributed by atoms with E-state index in [0.717, 1.165) is 5.57 Å². The molecule has 174 valence electrons. The number of hydrogen-bond donors (Lipinski definition) is 2. The minimum Gasteiger partial charge on any atom is -0.458 e. The van der Waals surface area contributed by atoms with E-state index in [1.807, 2.05) is 53.7 Å². The van der Waals surface area contributed by atoms with Crippen molar-refractivity contribution < 1.29 is 24.2 Å². The van der Waals surface area contributed by atoms with Crippen LogP contribution in [0, 0.1) is 29.6 Å². The molecule has 0 fully saturated rings. The van der Waals surface area contributed by atoms with E-state index in [1.165, 1.54) is 6.08 Å². The van der Waals surface area contributed by atoms with Crippen molar-refractivity contribution in [3.05, 3.63) is 48.6 Å². The van der Waals surface area contributed by atoms with Crippen LogP contribution in [0.4, 0.5) is 4.79 Å². The minimum absolute atomic E-state index is 0.0562. The van der Waals surface area contributed by atoms with Crippen molar-refractivity contribution >= 4 is 12.1 Å². The van der Waals surface area contributed by atoms with Crippen LogP contribution in [0.3, 0.4) is 0 Å². The third-order valence-electron chi connectivity index (χ3n) is 5.98. The van der Waals surface area contributed by atoms with Gasteiger partial charge in [0.05, 0.1) is 6.10 Å². The Hall–Kier alpha value is -2.34. The van der Waals surface area contributed by atoms with Crippen molar-refractivity contribution in [2.45, 2.75) is 66.3 Å². The number of hydrogen-bond acceptors (Lipinski definition) is 5. The first-order valence-electron chi connectivity index (χ1n) is 11.0. The van der Waals surface area contributed by atoms with Gasteiger partial charge in [0.2, 0.25) is 0 Å². The highest BCUT2D eigenvalue weighted by molar-refractivity contribution is 5.83. The van der Waals surface area contributed by atoms with Gasteiger partial charge in [-0.15, -0.1) is 0 Å². The van der Waals surface area contributed by atoms with E-state index in [1.54, 1.807) is 12.2 Å². The maximum atomic E-state index is 11.6. The van der Waals surface area contributed by atoms with Crippen molar-refractivity contribution in [3.8, 4) is 0 Å². The molecule has 1 amide bonds. The Morgan fingerprint density at radius 2 is 2.00 bits per heavy atom. The lowest BCUT2D eigenvalue weighted by Crippen LogP contribution is -2.41. The average Bonchev–Trinajstić information content (AvgIpc) is 2.70. The van der Waals surface area contributed by atoms with Gasteiger partial charge in [0.15, 0.2) is 0 Å². The lowest BCUT2D eigenvalue weighted by molar-refractivity contribution is -0.148. The summed E-state index contributed by atoms with van der Waals surface area (Å²) in [5, 5.41) is 11.0. The van der Waals surface area contributed by atoms with Gasteiger partial charge in [-0.05, 0) is 19.3 Å². The van der Waals surface area contributed by atoms with Crippen LogP contribution in [0.25, 0.3) is 0 Å². The fraction of sp³-hybridized carbons (Fsp3) is 0.600. The van der Waals surface area contributed by atoms with Gasteiger partial charge in [-0.25, -0.2) is 9.59 Å². The molecule has 0 saturated heterocycles. The summed E-state index contributed by atoms with van der Waals surface area (Å²) >= 11 is 0. The molecule has 0 aromatic heterocycles. The van der Waals surface area contributed by atoms with E-state index in [-0.39, 0.29) is 41.7 Å². The number of aliphatic hydroxyl groups is 1. The fourth-order valence-electron chi connectivity index (χ4n) is 4.35. The van der Waals surface area contributed by atoms with Crippen LogP contribution >= 0.6 is 0 Å². The predicted molar refractivity (Wildman–Crippen MR) is 123 cm³/mol. The molecule has 0 aromatic rings. The molecule has 0 bridgehead atoms. The van der Waals surface area contributed by atoms with E-state index < -0.39 is 18.3 Å². The highest BCUT2D eigenvalue weighted by atomic mass is 16.6. The van der Waals surface area contributed by atoms with Crippen LogP contribution < -0.4 is 5.73 Å². The van der Waals surface area contributed by atoms with Crippen LogP contribution in [0.5, 0.6) is 0 Å². The number of allylic oxidation sites excluding steroid dienone is 3. The molecule has 0 aromatic carbocycles. The normalized spacial score (nSPS) is 25.3.